The molecule has 1 atom stereocenters. The highest BCUT2D eigenvalue weighted by atomic mass is 19.4. The van der Waals surface area contributed by atoms with Crippen LogP contribution in [0.2, 0.25) is 0 Å². The van der Waals surface area contributed by atoms with Crippen LogP contribution < -0.4 is 20.5 Å². The van der Waals surface area contributed by atoms with Crippen molar-refractivity contribution in [3.63, 3.8) is 0 Å². The first kappa shape index (κ1) is 29.7. The molecule has 0 radical (unpaired) electrons. The number of aromatic nitrogens is 5. The number of alkyl halides is 3. The number of carbonyl (C=O) groups excluding carboxylic acids is 1. The number of carbonyl (C=O) groups is 1. The number of anilines is 2. The number of benzene rings is 1. The van der Waals surface area contributed by atoms with Crippen LogP contribution in [-0.2, 0) is 24.1 Å². The van der Waals surface area contributed by atoms with E-state index in [1.54, 1.807) is 43.3 Å². The molecule has 0 amide bonds. The van der Waals surface area contributed by atoms with Gasteiger partial charge in [0.05, 0.1) is 38.1 Å². The van der Waals surface area contributed by atoms with Crippen molar-refractivity contribution in [3.05, 3.63) is 87.6 Å². The second-order valence-electron chi connectivity index (χ2n) is 10.0. The maximum Gasteiger partial charge on any atom is 0.423 e. The number of aldehydes is 1. The molecular formula is C28H28F3N7O5. The molecule has 3 aromatic heterocycles. The van der Waals surface area contributed by atoms with Crippen molar-refractivity contribution in [1.29, 1.82) is 0 Å². The summed E-state index contributed by atoms with van der Waals surface area (Å²) < 4.78 is 58.5. The van der Waals surface area contributed by atoms with Crippen LogP contribution in [0, 0.1) is 0 Å². The van der Waals surface area contributed by atoms with Gasteiger partial charge in [-0.1, -0.05) is 17.3 Å². The standard InChI is InChI=1S/C28H28F3N7O5/c1-17(15-42-16-24-35-26(36-43-24)20-12-37(13-20)23-8-5-19(14-39)9-32-23)34-22-10-33-38(27(40)25(22)28(29,30)31)11-18-3-6-21(41-2)7-4-18/h3-10,14,17,20,34H,11-13,15-16H2,1-2H3. The highest BCUT2D eigenvalue weighted by Crippen LogP contribution is 2.32. The topological polar surface area (TPSA) is 138 Å². The van der Waals surface area contributed by atoms with Gasteiger partial charge >= 0.3 is 6.18 Å². The number of hydrogen-bond acceptors (Lipinski definition) is 11. The smallest absolute Gasteiger partial charge is 0.423 e. The lowest BCUT2D eigenvalue weighted by Gasteiger charge is -2.38. The van der Waals surface area contributed by atoms with E-state index in [1.165, 1.54) is 13.3 Å². The SMILES string of the molecule is COc1ccc(Cn2ncc(NC(C)COCc3nc(C4CN(c5ccc(C=O)cn5)C4)no3)c(C(F)(F)F)c2=O)cc1. The summed E-state index contributed by atoms with van der Waals surface area (Å²) in [6, 6.07) is 9.44. The van der Waals surface area contributed by atoms with Crippen molar-refractivity contribution in [2.24, 2.45) is 0 Å². The molecule has 1 aliphatic rings. The van der Waals surface area contributed by atoms with E-state index >= 15 is 0 Å². The van der Waals surface area contributed by atoms with Crippen LogP contribution in [-0.4, -0.2) is 64.0 Å². The largest absolute Gasteiger partial charge is 0.497 e. The zero-order chi connectivity index (χ0) is 30.6. The van der Waals surface area contributed by atoms with E-state index in [0.717, 1.165) is 23.0 Å². The number of nitrogens with zero attached hydrogens (tertiary/aromatic N) is 6. The third kappa shape index (κ3) is 6.99. The summed E-state index contributed by atoms with van der Waals surface area (Å²) >= 11 is 0. The molecule has 1 aliphatic heterocycles. The van der Waals surface area contributed by atoms with E-state index in [9.17, 15) is 22.8 Å². The predicted octanol–water partition coefficient (Wildman–Crippen LogP) is 3.53. The van der Waals surface area contributed by atoms with Gasteiger partial charge in [-0.2, -0.15) is 23.3 Å². The maximum absolute atomic E-state index is 13.9. The molecule has 0 saturated carbocycles. The number of rotatable bonds is 12. The molecule has 4 heterocycles. The van der Waals surface area contributed by atoms with Gasteiger partial charge in [-0.05, 0) is 36.8 Å². The maximum atomic E-state index is 13.9. The van der Waals surface area contributed by atoms with Crippen LogP contribution >= 0.6 is 0 Å². The van der Waals surface area contributed by atoms with Crippen molar-refractivity contribution in [3.8, 4) is 5.75 Å². The Morgan fingerprint density at radius 3 is 2.58 bits per heavy atom. The normalized spacial score (nSPS) is 14.3. The van der Waals surface area contributed by atoms with Crippen molar-refractivity contribution in [2.45, 2.75) is 38.2 Å². The van der Waals surface area contributed by atoms with Gasteiger partial charge < -0.3 is 24.2 Å². The van der Waals surface area contributed by atoms with E-state index in [2.05, 4.69) is 25.5 Å². The first-order valence-electron chi connectivity index (χ1n) is 13.3. The first-order valence-corrected chi connectivity index (χ1v) is 13.3. The fraction of sp³-hybridized carbons (Fsp3) is 0.357. The van der Waals surface area contributed by atoms with Crippen molar-refractivity contribution < 1.29 is 32.0 Å². The molecule has 0 bridgehead atoms. The average Bonchev–Trinajstić information content (AvgIpc) is 3.42. The van der Waals surface area contributed by atoms with Gasteiger partial charge in [-0.3, -0.25) is 9.59 Å². The predicted molar refractivity (Wildman–Crippen MR) is 147 cm³/mol. The van der Waals surface area contributed by atoms with Crippen LogP contribution in [0.5, 0.6) is 5.75 Å². The zero-order valence-electron chi connectivity index (χ0n) is 23.2. The molecule has 5 rings (SSSR count). The van der Waals surface area contributed by atoms with Gasteiger partial charge in [0.25, 0.3) is 11.4 Å². The van der Waals surface area contributed by atoms with Gasteiger partial charge in [0, 0.05) is 30.9 Å². The van der Waals surface area contributed by atoms with E-state index < -0.39 is 29.0 Å². The Hall–Kier alpha value is -4.79. The van der Waals surface area contributed by atoms with E-state index in [1.807, 2.05) is 4.90 Å². The number of hydrogen-bond donors (Lipinski definition) is 1. The van der Waals surface area contributed by atoms with E-state index in [0.29, 0.717) is 35.8 Å². The molecule has 1 N–H and O–H groups in total. The van der Waals surface area contributed by atoms with Gasteiger partial charge in [-0.15, -0.1) is 0 Å². The molecule has 0 aliphatic carbocycles. The van der Waals surface area contributed by atoms with Crippen LogP contribution in [0.3, 0.4) is 0 Å². The summed E-state index contributed by atoms with van der Waals surface area (Å²) in [7, 11) is 1.50. The summed E-state index contributed by atoms with van der Waals surface area (Å²) in [5.74, 6) is 2.10. The minimum Gasteiger partial charge on any atom is -0.497 e. The Kier molecular flexibility index (Phi) is 8.71. The molecule has 4 aromatic rings. The third-order valence-electron chi connectivity index (χ3n) is 6.78. The Labute approximate surface area is 243 Å². The van der Waals surface area contributed by atoms with Crippen LogP contribution in [0.1, 0.15) is 46.0 Å². The molecule has 1 unspecified atom stereocenters. The fourth-order valence-corrected chi connectivity index (χ4v) is 4.49. The second-order valence-corrected chi connectivity index (χ2v) is 10.0. The van der Waals surface area contributed by atoms with Gasteiger partial charge in [0.1, 0.15) is 23.7 Å². The number of nitrogens with one attached hydrogen (secondary N) is 1. The number of halogens is 3. The zero-order valence-corrected chi connectivity index (χ0v) is 23.2. The van der Waals surface area contributed by atoms with E-state index in [-0.39, 0.29) is 31.6 Å². The molecule has 12 nitrogen and oxygen atoms in total. The van der Waals surface area contributed by atoms with Crippen LogP contribution in [0.25, 0.3) is 0 Å². The monoisotopic (exact) mass is 599 g/mol. The summed E-state index contributed by atoms with van der Waals surface area (Å²) in [6.07, 6.45) is -1.68. The second kappa shape index (κ2) is 12.6. The molecule has 1 fully saturated rings. The molecular weight excluding hydrogens is 571 g/mol. The van der Waals surface area contributed by atoms with Crippen molar-refractivity contribution in [1.82, 2.24) is 24.9 Å². The summed E-state index contributed by atoms with van der Waals surface area (Å²) in [4.78, 5) is 34.2. The minimum atomic E-state index is -4.91. The number of methoxy groups -OCH3 is 1. The highest BCUT2D eigenvalue weighted by Gasteiger charge is 2.38. The number of ether oxygens (including phenoxy) is 2. The van der Waals surface area contributed by atoms with Gasteiger partial charge in [-0.25, -0.2) is 9.67 Å². The Morgan fingerprint density at radius 2 is 1.93 bits per heavy atom. The van der Waals surface area contributed by atoms with Crippen LogP contribution in [0.4, 0.5) is 24.7 Å². The van der Waals surface area contributed by atoms with Crippen LogP contribution in [0.15, 0.2) is 58.1 Å². The lowest BCUT2D eigenvalue weighted by atomic mass is 9.99. The Morgan fingerprint density at radius 1 is 1.16 bits per heavy atom. The van der Waals surface area contributed by atoms with Gasteiger partial charge in [0.2, 0.25) is 0 Å². The van der Waals surface area contributed by atoms with E-state index in [4.69, 9.17) is 14.0 Å². The third-order valence-corrected chi connectivity index (χ3v) is 6.78. The summed E-state index contributed by atoms with van der Waals surface area (Å²) in [5, 5.41) is 10.6. The van der Waals surface area contributed by atoms with Gasteiger partial charge in [0.15, 0.2) is 12.1 Å². The fourth-order valence-electron chi connectivity index (χ4n) is 4.49. The summed E-state index contributed by atoms with van der Waals surface area (Å²) in [6.45, 7) is 2.68. The minimum absolute atomic E-state index is 0.0103. The molecule has 1 saturated heterocycles. The molecule has 15 heteroatoms. The molecule has 1 aromatic carbocycles. The highest BCUT2D eigenvalue weighted by molar-refractivity contribution is 5.74. The average molecular weight is 600 g/mol. The Bertz CT molecular complexity index is 1600. The lowest BCUT2D eigenvalue weighted by Crippen LogP contribution is -2.45. The lowest BCUT2D eigenvalue weighted by molar-refractivity contribution is -0.138. The number of pyridine rings is 1. The molecule has 0 spiro atoms. The Balaban J connectivity index is 1.14. The summed E-state index contributed by atoms with van der Waals surface area (Å²) in [5.41, 5.74) is -1.95. The quantitative estimate of drug-likeness (QED) is 0.240. The van der Waals surface area contributed by atoms with Crippen molar-refractivity contribution >= 4 is 17.8 Å². The molecule has 226 valence electrons. The first-order chi connectivity index (χ1) is 20.6. The van der Waals surface area contributed by atoms with Crippen molar-refractivity contribution in [2.75, 3.05) is 37.0 Å². The molecule has 43 heavy (non-hydrogen) atoms.